The second-order valence-electron chi connectivity index (χ2n) is 5.80. The monoisotopic (exact) mass is 377 g/mol. The molecular weight excluding hydrogens is 354 g/mol. The Labute approximate surface area is 159 Å². The molecule has 0 saturated carbocycles. The van der Waals surface area contributed by atoms with Crippen molar-refractivity contribution >= 4 is 23.2 Å². The van der Waals surface area contributed by atoms with Crippen LogP contribution in [0.4, 0.5) is 5.69 Å². The van der Waals surface area contributed by atoms with Gasteiger partial charge in [-0.3, -0.25) is 4.79 Å². The molecule has 0 bridgehead atoms. The minimum atomic E-state index is -0.172. The van der Waals surface area contributed by atoms with Crippen LogP contribution in [0.1, 0.15) is 17.5 Å². The molecule has 2 aromatic carbocycles. The van der Waals surface area contributed by atoms with Gasteiger partial charge in [0.1, 0.15) is 12.4 Å². The summed E-state index contributed by atoms with van der Waals surface area (Å²) in [4.78, 5) is 12.2. The maximum absolute atomic E-state index is 12.2. The lowest BCUT2D eigenvalue weighted by Gasteiger charge is -2.14. The van der Waals surface area contributed by atoms with Gasteiger partial charge in [0.2, 0.25) is 5.91 Å². The lowest BCUT2D eigenvalue weighted by molar-refractivity contribution is -0.116. The molecule has 0 atom stereocenters. The third-order valence-electron chi connectivity index (χ3n) is 3.92. The molecule has 0 aliphatic heterocycles. The van der Waals surface area contributed by atoms with E-state index in [1.54, 1.807) is 25.3 Å². The van der Waals surface area contributed by atoms with Crippen LogP contribution in [0.3, 0.4) is 0 Å². The van der Waals surface area contributed by atoms with Crippen molar-refractivity contribution in [3.8, 4) is 11.5 Å². The van der Waals surface area contributed by atoms with Crippen molar-refractivity contribution in [1.82, 2.24) is 0 Å². The van der Waals surface area contributed by atoms with Crippen LogP contribution in [0, 0.1) is 13.8 Å². The zero-order valence-electron chi connectivity index (χ0n) is 15.3. The van der Waals surface area contributed by atoms with Crippen molar-refractivity contribution in [3.63, 3.8) is 0 Å². The number of methoxy groups -OCH3 is 1. The number of hydrogen-bond acceptors (Lipinski definition) is 4. The fourth-order valence-electron chi connectivity index (χ4n) is 2.33. The van der Waals surface area contributed by atoms with Gasteiger partial charge in [0.05, 0.1) is 30.3 Å². The summed E-state index contributed by atoms with van der Waals surface area (Å²) in [7, 11) is 1.59. The molecule has 0 radical (unpaired) electrons. The highest BCUT2D eigenvalue weighted by atomic mass is 35.5. The molecule has 1 N–H and O–H groups in total. The summed E-state index contributed by atoms with van der Waals surface area (Å²) in [5.41, 5.74) is 2.77. The highest BCUT2D eigenvalue weighted by Crippen LogP contribution is 2.33. The number of anilines is 1. The average molecular weight is 378 g/mol. The Morgan fingerprint density at radius 3 is 2.58 bits per heavy atom. The molecule has 0 unspecified atom stereocenters. The molecule has 0 spiro atoms. The minimum Gasteiger partial charge on any atom is -0.493 e. The Hall–Kier alpha value is -2.24. The number of rotatable bonds is 9. The van der Waals surface area contributed by atoms with E-state index in [1.807, 2.05) is 32.0 Å². The first kappa shape index (κ1) is 20.1. The Bertz CT molecular complexity index is 749. The third kappa shape index (κ3) is 5.64. The van der Waals surface area contributed by atoms with E-state index in [0.29, 0.717) is 29.7 Å². The molecule has 2 rings (SSSR count). The van der Waals surface area contributed by atoms with E-state index in [2.05, 4.69) is 5.32 Å². The van der Waals surface area contributed by atoms with Crippen molar-refractivity contribution in [2.45, 2.75) is 20.3 Å². The van der Waals surface area contributed by atoms with Gasteiger partial charge >= 0.3 is 0 Å². The smallest absolute Gasteiger partial charge is 0.227 e. The number of benzene rings is 2. The van der Waals surface area contributed by atoms with E-state index in [4.69, 9.17) is 25.8 Å². The van der Waals surface area contributed by atoms with Crippen molar-refractivity contribution in [2.75, 3.05) is 32.2 Å². The lowest BCUT2D eigenvalue weighted by atomic mass is 10.1. The van der Waals surface area contributed by atoms with E-state index in [9.17, 15) is 4.79 Å². The lowest BCUT2D eigenvalue weighted by Crippen LogP contribution is -2.16. The van der Waals surface area contributed by atoms with Crippen LogP contribution in [-0.2, 0) is 9.53 Å². The maximum Gasteiger partial charge on any atom is 0.227 e. The zero-order chi connectivity index (χ0) is 18.9. The van der Waals surface area contributed by atoms with Crippen LogP contribution in [0.2, 0.25) is 5.02 Å². The number of carbonyl (C=O) groups excluding carboxylic acids is 1. The summed E-state index contributed by atoms with van der Waals surface area (Å²) in [6, 6.07) is 11.1. The average Bonchev–Trinajstić information content (AvgIpc) is 2.61. The molecule has 0 aromatic heterocycles. The molecule has 6 heteroatoms. The zero-order valence-corrected chi connectivity index (χ0v) is 16.1. The van der Waals surface area contributed by atoms with Crippen LogP contribution in [0.5, 0.6) is 11.5 Å². The predicted octanol–water partition coefficient (Wildman–Crippen LogP) is 4.39. The molecule has 0 saturated heterocycles. The third-order valence-corrected chi connectivity index (χ3v) is 4.21. The van der Waals surface area contributed by atoms with Crippen molar-refractivity contribution < 1.29 is 19.0 Å². The van der Waals surface area contributed by atoms with Gasteiger partial charge in [-0.15, -0.1) is 0 Å². The first-order chi connectivity index (χ1) is 12.5. The van der Waals surface area contributed by atoms with E-state index in [0.717, 1.165) is 16.9 Å². The van der Waals surface area contributed by atoms with Crippen LogP contribution < -0.4 is 14.8 Å². The fraction of sp³-hybridized carbons (Fsp3) is 0.350. The number of carbonyl (C=O) groups is 1. The van der Waals surface area contributed by atoms with Gasteiger partial charge in [0.15, 0.2) is 5.75 Å². The van der Waals surface area contributed by atoms with Crippen LogP contribution in [0.25, 0.3) is 0 Å². The molecule has 1 amide bonds. The number of halogens is 1. The molecule has 2 aromatic rings. The summed E-state index contributed by atoms with van der Waals surface area (Å²) < 4.78 is 16.3. The van der Waals surface area contributed by atoms with Gasteiger partial charge in [0, 0.05) is 7.11 Å². The SMILES string of the molecule is COCCOc1c(Cl)cccc1NC(=O)CCOc1cccc(C)c1C. The molecule has 0 aliphatic rings. The molecule has 140 valence electrons. The molecule has 5 nitrogen and oxygen atoms in total. The first-order valence-electron chi connectivity index (χ1n) is 8.42. The molecular formula is C20H24ClNO4. The van der Waals surface area contributed by atoms with Gasteiger partial charge in [-0.1, -0.05) is 29.8 Å². The standard InChI is InChI=1S/C20H24ClNO4/c1-14-6-4-9-18(15(14)2)25-11-10-19(23)22-17-8-5-7-16(21)20(17)26-13-12-24-3/h4-9H,10-13H2,1-3H3,(H,22,23). The normalized spacial score (nSPS) is 10.5. The first-order valence-corrected chi connectivity index (χ1v) is 8.80. The molecule has 0 heterocycles. The fourth-order valence-corrected chi connectivity index (χ4v) is 2.56. The Morgan fingerprint density at radius 2 is 1.81 bits per heavy atom. The largest absolute Gasteiger partial charge is 0.493 e. The number of amides is 1. The van der Waals surface area contributed by atoms with Gasteiger partial charge in [-0.2, -0.15) is 0 Å². The van der Waals surface area contributed by atoms with Gasteiger partial charge < -0.3 is 19.5 Å². The van der Waals surface area contributed by atoms with Crippen molar-refractivity contribution in [2.24, 2.45) is 0 Å². The number of para-hydroxylation sites is 1. The number of aryl methyl sites for hydroxylation is 1. The van der Waals surface area contributed by atoms with E-state index < -0.39 is 0 Å². The number of hydrogen-bond donors (Lipinski definition) is 1. The Morgan fingerprint density at radius 1 is 1.04 bits per heavy atom. The van der Waals surface area contributed by atoms with Gasteiger partial charge in [0.25, 0.3) is 0 Å². The second-order valence-corrected chi connectivity index (χ2v) is 6.21. The van der Waals surface area contributed by atoms with E-state index >= 15 is 0 Å². The van der Waals surface area contributed by atoms with Crippen LogP contribution in [-0.4, -0.2) is 32.8 Å². The highest BCUT2D eigenvalue weighted by Gasteiger charge is 2.12. The Balaban J connectivity index is 1.91. The number of ether oxygens (including phenoxy) is 3. The Kier molecular flexibility index (Phi) is 7.75. The summed E-state index contributed by atoms with van der Waals surface area (Å²) in [5, 5.41) is 3.26. The van der Waals surface area contributed by atoms with Crippen molar-refractivity contribution in [1.29, 1.82) is 0 Å². The maximum atomic E-state index is 12.2. The number of nitrogens with one attached hydrogen (secondary N) is 1. The van der Waals surface area contributed by atoms with E-state index in [1.165, 1.54) is 0 Å². The summed E-state index contributed by atoms with van der Waals surface area (Å²) in [6.45, 7) is 5.09. The summed E-state index contributed by atoms with van der Waals surface area (Å²) in [6.07, 6.45) is 0.220. The second kappa shape index (κ2) is 10.0. The summed E-state index contributed by atoms with van der Waals surface area (Å²) >= 11 is 6.17. The van der Waals surface area contributed by atoms with Gasteiger partial charge in [-0.05, 0) is 43.2 Å². The molecule has 0 fully saturated rings. The highest BCUT2D eigenvalue weighted by molar-refractivity contribution is 6.32. The predicted molar refractivity (Wildman–Crippen MR) is 103 cm³/mol. The molecule has 0 aliphatic carbocycles. The minimum absolute atomic E-state index is 0.172. The topological polar surface area (TPSA) is 56.8 Å². The summed E-state index contributed by atoms with van der Waals surface area (Å²) in [5.74, 6) is 1.06. The van der Waals surface area contributed by atoms with Crippen LogP contribution >= 0.6 is 11.6 Å². The van der Waals surface area contributed by atoms with E-state index in [-0.39, 0.29) is 18.9 Å². The molecule has 26 heavy (non-hydrogen) atoms. The van der Waals surface area contributed by atoms with Gasteiger partial charge in [-0.25, -0.2) is 0 Å². The quantitative estimate of drug-likeness (QED) is 0.658. The van der Waals surface area contributed by atoms with Crippen LogP contribution in [0.15, 0.2) is 36.4 Å². The van der Waals surface area contributed by atoms with Crippen molar-refractivity contribution in [3.05, 3.63) is 52.5 Å².